The van der Waals surface area contributed by atoms with Crippen molar-refractivity contribution in [3.63, 3.8) is 0 Å². The van der Waals surface area contributed by atoms with Gasteiger partial charge in [-0.15, -0.1) is 0 Å². The maximum Gasteiger partial charge on any atom is 0.122 e. The number of hydrogen-bond acceptors (Lipinski definition) is 3. The monoisotopic (exact) mass is 248 g/mol. The SMILES string of the molecule is COc1ccccc1Cc1c(C#N)cccc1C#N. The Hall–Kier alpha value is -2.78. The molecule has 0 saturated heterocycles. The van der Waals surface area contributed by atoms with E-state index in [4.69, 9.17) is 15.3 Å². The van der Waals surface area contributed by atoms with Crippen molar-refractivity contribution in [2.45, 2.75) is 6.42 Å². The standard InChI is InChI=1S/C16H12N2O/c1-19-16-8-3-2-5-12(16)9-15-13(10-17)6-4-7-14(15)11-18/h2-8H,9H2,1H3. The minimum absolute atomic E-state index is 0.511. The van der Waals surface area contributed by atoms with Gasteiger partial charge < -0.3 is 4.74 Å². The number of nitriles is 2. The summed E-state index contributed by atoms with van der Waals surface area (Å²) in [5.74, 6) is 0.763. The zero-order valence-corrected chi connectivity index (χ0v) is 10.6. The Labute approximate surface area is 112 Å². The molecule has 0 N–H and O–H groups in total. The van der Waals surface area contributed by atoms with Crippen molar-refractivity contribution in [2.24, 2.45) is 0 Å². The van der Waals surface area contributed by atoms with Gasteiger partial charge in [-0.05, 0) is 29.3 Å². The van der Waals surface area contributed by atoms with Crippen LogP contribution < -0.4 is 4.74 Å². The summed E-state index contributed by atoms with van der Waals surface area (Å²) < 4.78 is 5.30. The van der Waals surface area contributed by atoms with E-state index in [0.29, 0.717) is 17.5 Å². The highest BCUT2D eigenvalue weighted by Crippen LogP contribution is 2.24. The quantitative estimate of drug-likeness (QED) is 0.838. The third-order valence-electron chi connectivity index (χ3n) is 2.98. The molecule has 0 aromatic heterocycles. The molecular weight excluding hydrogens is 236 g/mol. The summed E-state index contributed by atoms with van der Waals surface area (Å²) in [7, 11) is 1.61. The number of rotatable bonds is 3. The van der Waals surface area contributed by atoms with Gasteiger partial charge >= 0.3 is 0 Å². The minimum atomic E-state index is 0.511. The van der Waals surface area contributed by atoms with E-state index in [-0.39, 0.29) is 0 Å². The maximum absolute atomic E-state index is 9.15. The number of nitrogens with zero attached hydrogens (tertiary/aromatic N) is 2. The predicted molar refractivity (Wildman–Crippen MR) is 71.7 cm³/mol. The zero-order valence-electron chi connectivity index (χ0n) is 10.6. The number of benzene rings is 2. The van der Waals surface area contributed by atoms with Gasteiger partial charge in [-0.2, -0.15) is 10.5 Å². The highest BCUT2D eigenvalue weighted by atomic mass is 16.5. The second kappa shape index (κ2) is 5.71. The van der Waals surface area contributed by atoms with Crippen LogP contribution in [-0.4, -0.2) is 7.11 Å². The highest BCUT2D eigenvalue weighted by Gasteiger charge is 2.11. The molecule has 0 unspecified atom stereocenters. The van der Waals surface area contributed by atoms with Gasteiger partial charge in [0.05, 0.1) is 30.4 Å². The first-order valence-corrected chi connectivity index (χ1v) is 5.84. The molecule has 2 rings (SSSR count). The summed E-state index contributed by atoms with van der Waals surface area (Å²) in [6.07, 6.45) is 0.511. The van der Waals surface area contributed by atoms with Gasteiger partial charge in [0, 0.05) is 6.42 Å². The predicted octanol–water partition coefficient (Wildman–Crippen LogP) is 3.03. The Morgan fingerprint density at radius 1 is 0.947 bits per heavy atom. The number of methoxy groups -OCH3 is 1. The maximum atomic E-state index is 9.15. The summed E-state index contributed by atoms with van der Waals surface area (Å²) in [5, 5.41) is 18.3. The molecule has 19 heavy (non-hydrogen) atoms. The smallest absolute Gasteiger partial charge is 0.122 e. The molecule has 0 bridgehead atoms. The van der Waals surface area contributed by atoms with E-state index in [1.807, 2.05) is 24.3 Å². The first-order chi connectivity index (χ1) is 9.30. The lowest BCUT2D eigenvalue weighted by Gasteiger charge is -2.10. The van der Waals surface area contributed by atoms with Crippen LogP contribution in [0.1, 0.15) is 22.3 Å². The molecule has 2 aromatic rings. The fraction of sp³-hybridized carbons (Fsp3) is 0.125. The average Bonchev–Trinajstić information content (AvgIpc) is 2.48. The zero-order chi connectivity index (χ0) is 13.7. The van der Waals surface area contributed by atoms with E-state index in [1.165, 1.54) is 0 Å². The molecule has 0 heterocycles. The Morgan fingerprint density at radius 3 is 2.16 bits per heavy atom. The summed E-state index contributed by atoms with van der Waals surface area (Å²) in [5.41, 5.74) is 2.77. The number of hydrogen-bond donors (Lipinski definition) is 0. The molecule has 0 radical (unpaired) electrons. The topological polar surface area (TPSA) is 56.8 Å². The third kappa shape index (κ3) is 2.56. The lowest BCUT2D eigenvalue weighted by atomic mass is 9.95. The first-order valence-electron chi connectivity index (χ1n) is 5.84. The van der Waals surface area contributed by atoms with Crippen LogP contribution in [0.3, 0.4) is 0 Å². The molecular formula is C16H12N2O. The summed E-state index contributed by atoms with van der Waals surface area (Å²) in [4.78, 5) is 0. The van der Waals surface area contributed by atoms with E-state index in [1.54, 1.807) is 25.3 Å². The van der Waals surface area contributed by atoms with Crippen LogP contribution in [0, 0.1) is 22.7 Å². The van der Waals surface area contributed by atoms with Crippen LogP contribution in [0.15, 0.2) is 42.5 Å². The molecule has 92 valence electrons. The number of para-hydroxylation sites is 1. The average molecular weight is 248 g/mol. The van der Waals surface area contributed by atoms with E-state index in [9.17, 15) is 0 Å². The second-order valence-corrected chi connectivity index (χ2v) is 4.04. The van der Waals surface area contributed by atoms with E-state index in [0.717, 1.165) is 16.9 Å². The lowest BCUT2D eigenvalue weighted by molar-refractivity contribution is 0.410. The Bertz CT molecular complexity index is 646. The van der Waals surface area contributed by atoms with Crippen LogP contribution >= 0.6 is 0 Å². The normalized spacial score (nSPS) is 9.42. The van der Waals surface area contributed by atoms with Crippen molar-refractivity contribution in [1.29, 1.82) is 10.5 Å². The Morgan fingerprint density at radius 2 is 1.58 bits per heavy atom. The van der Waals surface area contributed by atoms with E-state index in [2.05, 4.69) is 12.1 Å². The highest BCUT2D eigenvalue weighted by molar-refractivity contribution is 5.51. The van der Waals surface area contributed by atoms with Crippen molar-refractivity contribution in [3.8, 4) is 17.9 Å². The molecule has 2 aromatic carbocycles. The van der Waals surface area contributed by atoms with Crippen LogP contribution in [-0.2, 0) is 6.42 Å². The lowest BCUT2D eigenvalue weighted by Crippen LogP contribution is -1.99. The van der Waals surface area contributed by atoms with Crippen molar-refractivity contribution in [3.05, 3.63) is 64.7 Å². The van der Waals surface area contributed by atoms with Crippen LogP contribution in [0.5, 0.6) is 5.75 Å². The molecule has 0 fully saturated rings. The van der Waals surface area contributed by atoms with Crippen LogP contribution in [0.4, 0.5) is 0 Å². The van der Waals surface area contributed by atoms with Gasteiger partial charge in [-0.1, -0.05) is 24.3 Å². The van der Waals surface area contributed by atoms with E-state index < -0.39 is 0 Å². The summed E-state index contributed by atoms with van der Waals surface area (Å²) in [6, 6.07) is 17.1. The summed E-state index contributed by atoms with van der Waals surface area (Å²) in [6.45, 7) is 0. The van der Waals surface area contributed by atoms with Gasteiger partial charge in [-0.25, -0.2) is 0 Å². The summed E-state index contributed by atoms with van der Waals surface area (Å²) >= 11 is 0. The van der Waals surface area contributed by atoms with Gasteiger partial charge in [-0.3, -0.25) is 0 Å². The van der Waals surface area contributed by atoms with Gasteiger partial charge in [0.2, 0.25) is 0 Å². The molecule has 0 atom stereocenters. The molecule has 3 heteroatoms. The van der Waals surface area contributed by atoms with Gasteiger partial charge in [0.15, 0.2) is 0 Å². The first kappa shape index (κ1) is 12.7. The molecule has 0 aliphatic rings. The van der Waals surface area contributed by atoms with E-state index >= 15 is 0 Å². The number of ether oxygens (including phenoxy) is 1. The molecule has 0 amide bonds. The van der Waals surface area contributed by atoms with Crippen molar-refractivity contribution in [1.82, 2.24) is 0 Å². The minimum Gasteiger partial charge on any atom is -0.496 e. The molecule has 0 saturated carbocycles. The van der Waals surface area contributed by atoms with Crippen molar-refractivity contribution < 1.29 is 4.74 Å². The Balaban J connectivity index is 2.50. The van der Waals surface area contributed by atoms with Crippen molar-refractivity contribution in [2.75, 3.05) is 7.11 Å². The van der Waals surface area contributed by atoms with Gasteiger partial charge in [0.1, 0.15) is 5.75 Å². The fourth-order valence-electron chi connectivity index (χ4n) is 2.03. The van der Waals surface area contributed by atoms with Crippen LogP contribution in [0.2, 0.25) is 0 Å². The third-order valence-corrected chi connectivity index (χ3v) is 2.98. The molecule has 0 aliphatic heterocycles. The Kier molecular flexibility index (Phi) is 3.81. The van der Waals surface area contributed by atoms with Gasteiger partial charge in [0.25, 0.3) is 0 Å². The van der Waals surface area contributed by atoms with Crippen molar-refractivity contribution >= 4 is 0 Å². The fourth-order valence-corrected chi connectivity index (χ4v) is 2.03. The molecule has 0 spiro atoms. The van der Waals surface area contributed by atoms with Crippen LogP contribution in [0.25, 0.3) is 0 Å². The largest absolute Gasteiger partial charge is 0.496 e. The molecule has 3 nitrogen and oxygen atoms in total. The second-order valence-electron chi connectivity index (χ2n) is 4.04. The molecule has 0 aliphatic carbocycles.